The number of imide groups is 1. The molecule has 1 aliphatic heterocycles. The summed E-state index contributed by atoms with van der Waals surface area (Å²) in [7, 11) is 0. The second-order valence-corrected chi connectivity index (χ2v) is 5.98. The number of hydrogen-bond donors (Lipinski definition) is 1. The Morgan fingerprint density at radius 3 is 2.58 bits per heavy atom. The molecule has 0 aromatic heterocycles. The molecule has 2 aromatic rings. The molecule has 1 aliphatic rings. The molecule has 0 spiro atoms. The van der Waals surface area contributed by atoms with Crippen LogP contribution >= 0.6 is 0 Å². The number of nitro groups is 1. The van der Waals surface area contributed by atoms with Crippen molar-refractivity contribution in [1.29, 1.82) is 0 Å². The first-order valence-electron chi connectivity index (χ1n) is 7.99. The summed E-state index contributed by atoms with van der Waals surface area (Å²) in [6, 6.07) is 14.2. The monoisotopic (exact) mass is 355 g/mol. The van der Waals surface area contributed by atoms with Gasteiger partial charge < -0.3 is 10.1 Å². The molecule has 1 saturated heterocycles. The maximum atomic E-state index is 12.7. The standard InChI is InChI=1S/C18H17N3O5/c1-18(13-6-3-2-4-7-13)16(22)20(17(23)19-18)10-11-26-15-9-5-8-14(12-15)21(24)25/h2-9,12H,10-11H2,1H3,(H,19,23). The molecule has 1 unspecified atom stereocenters. The molecule has 1 heterocycles. The maximum absolute atomic E-state index is 12.7. The number of carbonyl (C=O) groups is 2. The second kappa shape index (κ2) is 6.83. The van der Waals surface area contributed by atoms with Gasteiger partial charge in [0, 0.05) is 6.07 Å². The predicted molar refractivity (Wildman–Crippen MR) is 92.6 cm³/mol. The van der Waals surface area contributed by atoms with Crippen LogP contribution in [0.3, 0.4) is 0 Å². The van der Waals surface area contributed by atoms with Gasteiger partial charge in [-0.3, -0.25) is 19.8 Å². The number of benzene rings is 2. The van der Waals surface area contributed by atoms with Crippen molar-refractivity contribution in [2.45, 2.75) is 12.5 Å². The highest BCUT2D eigenvalue weighted by Crippen LogP contribution is 2.28. The number of amides is 3. The predicted octanol–water partition coefficient (Wildman–Crippen LogP) is 2.44. The van der Waals surface area contributed by atoms with Crippen molar-refractivity contribution >= 4 is 17.6 Å². The Balaban J connectivity index is 1.66. The minimum absolute atomic E-state index is 0.0329. The molecule has 8 nitrogen and oxygen atoms in total. The number of carbonyl (C=O) groups excluding carboxylic acids is 2. The lowest BCUT2D eigenvalue weighted by Gasteiger charge is -2.22. The summed E-state index contributed by atoms with van der Waals surface area (Å²) in [5.74, 6) is -0.0617. The van der Waals surface area contributed by atoms with Crippen LogP contribution < -0.4 is 10.1 Å². The largest absolute Gasteiger partial charge is 0.491 e. The molecule has 0 bridgehead atoms. The average Bonchev–Trinajstić information content (AvgIpc) is 2.86. The summed E-state index contributed by atoms with van der Waals surface area (Å²) < 4.78 is 5.45. The average molecular weight is 355 g/mol. The van der Waals surface area contributed by atoms with Crippen molar-refractivity contribution in [2.24, 2.45) is 0 Å². The number of rotatable bonds is 6. The Hall–Kier alpha value is -3.42. The molecule has 1 atom stereocenters. The lowest BCUT2D eigenvalue weighted by atomic mass is 9.92. The van der Waals surface area contributed by atoms with Gasteiger partial charge in [0.05, 0.1) is 17.5 Å². The molecule has 134 valence electrons. The van der Waals surface area contributed by atoms with Crippen molar-refractivity contribution in [3.8, 4) is 5.75 Å². The number of non-ortho nitro benzene ring substituents is 1. The normalized spacial score (nSPS) is 19.3. The molecule has 1 N–H and O–H groups in total. The zero-order valence-corrected chi connectivity index (χ0v) is 14.0. The van der Waals surface area contributed by atoms with Crippen LogP contribution in [-0.2, 0) is 10.3 Å². The van der Waals surface area contributed by atoms with Crippen LogP contribution in [0.1, 0.15) is 12.5 Å². The van der Waals surface area contributed by atoms with Crippen LogP contribution in [0.5, 0.6) is 5.75 Å². The number of ether oxygens (including phenoxy) is 1. The fraction of sp³-hybridized carbons (Fsp3) is 0.222. The lowest BCUT2D eigenvalue weighted by molar-refractivity contribution is -0.384. The van der Waals surface area contributed by atoms with E-state index in [0.29, 0.717) is 11.3 Å². The van der Waals surface area contributed by atoms with Crippen molar-refractivity contribution in [3.63, 3.8) is 0 Å². The highest BCUT2D eigenvalue weighted by atomic mass is 16.6. The van der Waals surface area contributed by atoms with Crippen LogP contribution in [0.15, 0.2) is 54.6 Å². The first-order valence-corrected chi connectivity index (χ1v) is 7.99. The molecule has 0 radical (unpaired) electrons. The Bertz CT molecular complexity index is 855. The summed E-state index contributed by atoms with van der Waals surface area (Å²) in [6.07, 6.45) is 0. The Kier molecular flexibility index (Phi) is 4.57. The van der Waals surface area contributed by atoms with E-state index in [2.05, 4.69) is 5.32 Å². The third kappa shape index (κ3) is 3.21. The lowest BCUT2D eigenvalue weighted by Crippen LogP contribution is -2.41. The zero-order chi connectivity index (χ0) is 18.7. The second-order valence-electron chi connectivity index (χ2n) is 5.98. The Morgan fingerprint density at radius 1 is 1.15 bits per heavy atom. The van der Waals surface area contributed by atoms with Crippen LogP contribution in [0, 0.1) is 10.1 Å². The minimum Gasteiger partial charge on any atom is -0.491 e. The molecule has 3 amide bonds. The van der Waals surface area contributed by atoms with Gasteiger partial charge in [-0.1, -0.05) is 36.4 Å². The van der Waals surface area contributed by atoms with Crippen LogP contribution in [0.25, 0.3) is 0 Å². The molecule has 0 aliphatic carbocycles. The molecular weight excluding hydrogens is 338 g/mol. The van der Waals surface area contributed by atoms with E-state index in [1.807, 2.05) is 6.07 Å². The number of hydrogen-bond acceptors (Lipinski definition) is 5. The summed E-state index contributed by atoms with van der Waals surface area (Å²) >= 11 is 0. The molecular formula is C18H17N3O5. The Labute approximate surface area is 149 Å². The first kappa shape index (κ1) is 17.4. The van der Waals surface area contributed by atoms with Crippen molar-refractivity contribution in [1.82, 2.24) is 10.2 Å². The molecule has 3 rings (SSSR count). The fourth-order valence-corrected chi connectivity index (χ4v) is 2.81. The van der Waals surface area contributed by atoms with Crippen molar-refractivity contribution in [3.05, 3.63) is 70.3 Å². The quantitative estimate of drug-likeness (QED) is 0.487. The van der Waals surface area contributed by atoms with E-state index in [0.717, 1.165) is 4.90 Å². The zero-order valence-electron chi connectivity index (χ0n) is 14.0. The van der Waals surface area contributed by atoms with Gasteiger partial charge in [0.1, 0.15) is 17.9 Å². The number of nitrogens with zero attached hydrogens (tertiary/aromatic N) is 2. The topological polar surface area (TPSA) is 102 Å². The van der Waals surface area contributed by atoms with E-state index in [-0.39, 0.29) is 24.7 Å². The SMILES string of the molecule is CC1(c2ccccc2)NC(=O)N(CCOc2cccc([N+](=O)[O-])c2)C1=O. The Morgan fingerprint density at radius 2 is 1.88 bits per heavy atom. The van der Waals surface area contributed by atoms with Gasteiger partial charge in [-0.25, -0.2) is 4.79 Å². The first-order chi connectivity index (χ1) is 12.4. The van der Waals surface area contributed by atoms with Gasteiger partial charge in [-0.05, 0) is 18.6 Å². The third-order valence-corrected chi connectivity index (χ3v) is 4.24. The molecule has 0 saturated carbocycles. The number of urea groups is 1. The van der Waals surface area contributed by atoms with E-state index in [9.17, 15) is 19.7 Å². The summed E-state index contributed by atoms with van der Waals surface area (Å²) in [5.41, 5.74) is -0.515. The number of nitro benzene ring substituents is 1. The van der Waals surface area contributed by atoms with E-state index in [4.69, 9.17) is 4.74 Å². The third-order valence-electron chi connectivity index (χ3n) is 4.24. The van der Waals surface area contributed by atoms with E-state index in [1.54, 1.807) is 37.3 Å². The highest BCUT2D eigenvalue weighted by molar-refractivity contribution is 6.07. The van der Waals surface area contributed by atoms with Gasteiger partial charge in [0.15, 0.2) is 0 Å². The minimum atomic E-state index is -1.12. The fourth-order valence-electron chi connectivity index (χ4n) is 2.81. The van der Waals surface area contributed by atoms with Gasteiger partial charge in [0.2, 0.25) is 0 Å². The summed E-state index contributed by atoms with van der Waals surface area (Å²) in [6.45, 7) is 1.73. The van der Waals surface area contributed by atoms with E-state index < -0.39 is 16.5 Å². The van der Waals surface area contributed by atoms with Gasteiger partial charge in [-0.15, -0.1) is 0 Å². The van der Waals surface area contributed by atoms with Gasteiger partial charge >= 0.3 is 6.03 Å². The molecule has 2 aromatic carbocycles. The highest BCUT2D eigenvalue weighted by Gasteiger charge is 2.48. The van der Waals surface area contributed by atoms with Crippen molar-refractivity contribution in [2.75, 3.05) is 13.2 Å². The van der Waals surface area contributed by atoms with Crippen LogP contribution in [-0.4, -0.2) is 34.9 Å². The smallest absolute Gasteiger partial charge is 0.325 e. The van der Waals surface area contributed by atoms with Crippen LogP contribution in [0.2, 0.25) is 0 Å². The molecule has 8 heteroatoms. The van der Waals surface area contributed by atoms with Crippen LogP contribution in [0.4, 0.5) is 10.5 Å². The van der Waals surface area contributed by atoms with Gasteiger partial charge in [-0.2, -0.15) is 0 Å². The summed E-state index contributed by atoms with van der Waals surface area (Å²) in [4.78, 5) is 36.3. The molecule has 1 fully saturated rings. The van der Waals surface area contributed by atoms with Crippen molar-refractivity contribution < 1.29 is 19.2 Å². The number of nitrogens with one attached hydrogen (secondary N) is 1. The maximum Gasteiger partial charge on any atom is 0.325 e. The van der Waals surface area contributed by atoms with Gasteiger partial charge in [0.25, 0.3) is 11.6 Å². The summed E-state index contributed by atoms with van der Waals surface area (Å²) in [5, 5.41) is 13.5. The molecule has 26 heavy (non-hydrogen) atoms. The van der Waals surface area contributed by atoms with E-state index >= 15 is 0 Å². The van der Waals surface area contributed by atoms with E-state index in [1.165, 1.54) is 18.2 Å².